The minimum Gasteiger partial charge on any atom is -0.480 e. The van der Waals surface area contributed by atoms with E-state index in [1.54, 1.807) is 43.0 Å². The van der Waals surface area contributed by atoms with Gasteiger partial charge in [0.15, 0.2) is 6.10 Å². The molecule has 0 saturated carbocycles. The highest BCUT2D eigenvalue weighted by Crippen LogP contribution is 2.25. The summed E-state index contributed by atoms with van der Waals surface area (Å²) in [7, 11) is 0. The summed E-state index contributed by atoms with van der Waals surface area (Å²) in [6.07, 6.45) is -0.765. The monoisotopic (exact) mass is 342 g/mol. The molecule has 2 unspecified atom stereocenters. The number of carbonyl (C=O) groups is 1. The molecule has 8 nitrogen and oxygen atoms in total. The summed E-state index contributed by atoms with van der Waals surface area (Å²) >= 11 is 0. The largest absolute Gasteiger partial charge is 0.480 e. The molecule has 2 heterocycles. The fraction of sp³-hybridized carbons (Fsp3) is 0.412. The number of para-hydroxylation sites is 1. The molecule has 0 N–H and O–H groups in total. The molecule has 1 aliphatic heterocycles. The van der Waals surface area contributed by atoms with Crippen LogP contribution < -0.4 is 4.74 Å². The minimum atomic E-state index is -0.765. The Morgan fingerprint density at radius 1 is 1.44 bits per heavy atom. The Bertz CT molecular complexity index is 798. The maximum atomic E-state index is 12.9. The number of morpholine rings is 1. The number of amides is 1. The summed E-state index contributed by atoms with van der Waals surface area (Å²) in [5.41, 5.74) is 0.383. The molecule has 1 saturated heterocycles. The lowest BCUT2D eigenvalue weighted by molar-refractivity contribution is -0.148. The lowest BCUT2D eigenvalue weighted by atomic mass is 10.2. The molecule has 1 amide bonds. The molecular weight excluding hydrogens is 324 g/mol. The Labute approximate surface area is 145 Å². The van der Waals surface area contributed by atoms with E-state index < -0.39 is 12.1 Å². The van der Waals surface area contributed by atoms with Crippen LogP contribution in [-0.2, 0) is 9.53 Å². The van der Waals surface area contributed by atoms with Gasteiger partial charge in [0.2, 0.25) is 11.8 Å². The first-order valence-corrected chi connectivity index (χ1v) is 7.94. The van der Waals surface area contributed by atoms with Crippen LogP contribution in [0.25, 0.3) is 0 Å². The van der Waals surface area contributed by atoms with Crippen molar-refractivity contribution in [2.45, 2.75) is 26.0 Å². The number of nitriles is 1. The second kappa shape index (κ2) is 7.32. The molecule has 1 aliphatic rings. The van der Waals surface area contributed by atoms with Gasteiger partial charge in [0.05, 0.1) is 18.8 Å². The molecule has 3 rings (SSSR count). The first-order valence-electron chi connectivity index (χ1n) is 7.94. The van der Waals surface area contributed by atoms with Crippen LogP contribution in [0.2, 0.25) is 0 Å². The Morgan fingerprint density at radius 2 is 2.24 bits per heavy atom. The zero-order chi connectivity index (χ0) is 17.8. The molecule has 0 aliphatic carbocycles. The lowest BCUT2D eigenvalue weighted by Crippen LogP contribution is -2.48. The standard InChI is InChI=1S/C17H18N4O4/c1-11(24-15-6-4-3-5-13(15)9-18)17(22)21-7-8-23-10-14(21)16-20-19-12(2)25-16/h3-6,11,14H,7-8,10H2,1-2H3. The van der Waals surface area contributed by atoms with Gasteiger partial charge >= 0.3 is 0 Å². The number of aromatic nitrogens is 2. The number of aryl methyl sites for hydroxylation is 1. The predicted octanol–water partition coefficient (Wildman–Crippen LogP) is 1.62. The first kappa shape index (κ1) is 16.9. The molecule has 0 spiro atoms. The quantitative estimate of drug-likeness (QED) is 0.832. The van der Waals surface area contributed by atoms with Crippen LogP contribution in [0.5, 0.6) is 5.75 Å². The van der Waals surface area contributed by atoms with Gasteiger partial charge in [-0.25, -0.2) is 0 Å². The molecule has 1 fully saturated rings. The van der Waals surface area contributed by atoms with Crippen molar-refractivity contribution in [3.63, 3.8) is 0 Å². The summed E-state index contributed by atoms with van der Waals surface area (Å²) in [6, 6.07) is 8.42. The van der Waals surface area contributed by atoms with E-state index in [1.165, 1.54) is 0 Å². The van der Waals surface area contributed by atoms with Crippen LogP contribution in [0.15, 0.2) is 28.7 Å². The molecule has 0 radical (unpaired) electrons. The minimum absolute atomic E-state index is 0.225. The maximum absolute atomic E-state index is 12.9. The second-order valence-electron chi connectivity index (χ2n) is 5.65. The van der Waals surface area contributed by atoms with E-state index >= 15 is 0 Å². The number of benzene rings is 1. The predicted molar refractivity (Wildman–Crippen MR) is 85.6 cm³/mol. The second-order valence-corrected chi connectivity index (χ2v) is 5.65. The van der Waals surface area contributed by atoms with Crippen molar-refractivity contribution in [1.82, 2.24) is 15.1 Å². The zero-order valence-corrected chi connectivity index (χ0v) is 14.0. The molecule has 25 heavy (non-hydrogen) atoms. The Balaban J connectivity index is 1.76. The molecule has 1 aromatic carbocycles. The average Bonchev–Trinajstić information content (AvgIpc) is 3.07. The third-order valence-corrected chi connectivity index (χ3v) is 3.90. The van der Waals surface area contributed by atoms with E-state index in [1.807, 2.05) is 0 Å². The molecule has 2 atom stereocenters. The Kier molecular flexibility index (Phi) is 4.95. The molecule has 8 heteroatoms. The highest BCUT2D eigenvalue weighted by atomic mass is 16.5. The highest BCUT2D eigenvalue weighted by molar-refractivity contribution is 5.81. The van der Waals surface area contributed by atoms with Crippen LogP contribution in [0.4, 0.5) is 0 Å². The highest BCUT2D eigenvalue weighted by Gasteiger charge is 2.35. The normalized spacial score (nSPS) is 18.4. The van der Waals surface area contributed by atoms with Gasteiger partial charge in [0, 0.05) is 13.5 Å². The Hall–Kier alpha value is -2.92. The van der Waals surface area contributed by atoms with Crippen molar-refractivity contribution in [1.29, 1.82) is 5.26 Å². The lowest BCUT2D eigenvalue weighted by Gasteiger charge is -2.35. The van der Waals surface area contributed by atoms with Crippen molar-refractivity contribution in [2.24, 2.45) is 0 Å². The van der Waals surface area contributed by atoms with Crippen LogP contribution in [-0.4, -0.2) is 46.9 Å². The number of carbonyl (C=O) groups excluding carboxylic acids is 1. The van der Waals surface area contributed by atoms with Gasteiger partial charge in [0.25, 0.3) is 5.91 Å². The van der Waals surface area contributed by atoms with E-state index in [0.29, 0.717) is 36.2 Å². The summed E-state index contributed by atoms with van der Waals surface area (Å²) < 4.78 is 16.6. The molecule has 1 aromatic heterocycles. The van der Waals surface area contributed by atoms with Gasteiger partial charge in [-0.2, -0.15) is 5.26 Å². The van der Waals surface area contributed by atoms with Crippen molar-refractivity contribution < 1.29 is 18.7 Å². The van der Waals surface area contributed by atoms with Gasteiger partial charge in [-0.1, -0.05) is 12.1 Å². The van der Waals surface area contributed by atoms with Crippen LogP contribution >= 0.6 is 0 Å². The van der Waals surface area contributed by atoms with E-state index in [9.17, 15) is 4.79 Å². The number of hydrogen-bond donors (Lipinski definition) is 0. The smallest absolute Gasteiger partial charge is 0.264 e. The third-order valence-electron chi connectivity index (χ3n) is 3.90. The van der Waals surface area contributed by atoms with Crippen molar-refractivity contribution >= 4 is 5.91 Å². The first-order chi connectivity index (χ1) is 12.1. The van der Waals surface area contributed by atoms with Crippen LogP contribution in [0.1, 0.15) is 30.3 Å². The van der Waals surface area contributed by atoms with Crippen molar-refractivity contribution in [3.05, 3.63) is 41.6 Å². The van der Waals surface area contributed by atoms with Crippen LogP contribution in [0.3, 0.4) is 0 Å². The average molecular weight is 342 g/mol. The fourth-order valence-electron chi connectivity index (χ4n) is 2.65. The zero-order valence-electron chi connectivity index (χ0n) is 14.0. The molecule has 2 aromatic rings. The van der Waals surface area contributed by atoms with Gasteiger partial charge in [0.1, 0.15) is 17.9 Å². The maximum Gasteiger partial charge on any atom is 0.264 e. The van der Waals surface area contributed by atoms with Gasteiger partial charge in [-0.3, -0.25) is 4.79 Å². The van der Waals surface area contributed by atoms with Crippen LogP contribution in [0, 0.1) is 18.3 Å². The van der Waals surface area contributed by atoms with Gasteiger partial charge in [-0.15, -0.1) is 10.2 Å². The van der Waals surface area contributed by atoms with E-state index in [2.05, 4.69) is 16.3 Å². The van der Waals surface area contributed by atoms with E-state index in [0.717, 1.165) is 0 Å². The molecule has 0 bridgehead atoms. The molecular formula is C17H18N4O4. The summed E-state index contributed by atoms with van der Waals surface area (Å²) in [5, 5.41) is 17.0. The van der Waals surface area contributed by atoms with Crippen molar-refractivity contribution in [3.8, 4) is 11.8 Å². The van der Waals surface area contributed by atoms with E-state index in [-0.39, 0.29) is 12.5 Å². The van der Waals surface area contributed by atoms with E-state index in [4.69, 9.17) is 19.2 Å². The number of hydrogen-bond acceptors (Lipinski definition) is 7. The molecule has 130 valence electrons. The number of nitrogens with zero attached hydrogens (tertiary/aromatic N) is 4. The van der Waals surface area contributed by atoms with Gasteiger partial charge < -0.3 is 18.8 Å². The van der Waals surface area contributed by atoms with Crippen molar-refractivity contribution in [2.75, 3.05) is 19.8 Å². The fourth-order valence-corrected chi connectivity index (χ4v) is 2.65. The Morgan fingerprint density at radius 3 is 2.96 bits per heavy atom. The summed E-state index contributed by atoms with van der Waals surface area (Å²) in [5.74, 6) is 0.927. The topological polar surface area (TPSA) is 101 Å². The third kappa shape index (κ3) is 3.61. The SMILES string of the molecule is Cc1nnc(C2COCCN2C(=O)C(C)Oc2ccccc2C#N)o1. The number of ether oxygens (including phenoxy) is 2. The van der Waals surface area contributed by atoms with Gasteiger partial charge in [-0.05, 0) is 19.1 Å². The summed E-state index contributed by atoms with van der Waals surface area (Å²) in [4.78, 5) is 14.5. The summed E-state index contributed by atoms with van der Waals surface area (Å²) in [6.45, 7) is 4.46. The number of rotatable bonds is 4.